The van der Waals surface area contributed by atoms with Gasteiger partial charge in [-0.05, 0) is 43.2 Å². The molecular weight excluding hydrogens is 376 g/mol. The molecule has 2 aromatic carbocycles. The highest BCUT2D eigenvalue weighted by molar-refractivity contribution is 7.99. The molecule has 1 aliphatic heterocycles. The summed E-state index contributed by atoms with van der Waals surface area (Å²) in [5.74, 6) is 2.60. The summed E-state index contributed by atoms with van der Waals surface area (Å²) >= 11 is 1.53. The van der Waals surface area contributed by atoms with E-state index in [1.807, 2.05) is 36.1 Å². The first-order valence-corrected chi connectivity index (χ1v) is 10.2. The van der Waals surface area contributed by atoms with Crippen LogP contribution >= 0.6 is 11.8 Å². The number of rotatable bonds is 6. The highest BCUT2D eigenvalue weighted by Crippen LogP contribution is 2.29. The van der Waals surface area contributed by atoms with Crippen LogP contribution in [0.5, 0.6) is 5.75 Å². The molecule has 3 aromatic rings. The normalized spacial score (nSPS) is 12.9. The average Bonchev–Trinajstić information content (AvgIpc) is 3.32. The van der Waals surface area contributed by atoms with Gasteiger partial charge >= 0.3 is 0 Å². The van der Waals surface area contributed by atoms with Crippen LogP contribution in [0.3, 0.4) is 0 Å². The number of aryl methyl sites for hydroxylation is 1. The highest BCUT2D eigenvalue weighted by Gasteiger charge is 2.24. The van der Waals surface area contributed by atoms with Gasteiger partial charge in [0.15, 0.2) is 5.75 Å². The first-order chi connectivity index (χ1) is 13.7. The largest absolute Gasteiger partial charge is 0.441 e. The van der Waals surface area contributed by atoms with Gasteiger partial charge in [-0.1, -0.05) is 24.3 Å². The van der Waals surface area contributed by atoms with Crippen LogP contribution in [-0.2, 0) is 17.0 Å². The van der Waals surface area contributed by atoms with Crippen LogP contribution in [0, 0.1) is 6.92 Å². The number of carbonyl (C=O) groups is 1. The number of para-hydroxylation sites is 1. The van der Waals surface area contributed by atoms with Gasteiger partial charge in [0.1, 0.15) is 5.76 Å². The molecule has 1 aromatic heterocycles. The molecule has 0 atom stereocenters. The van der Waals surface area contributed by atoms with E-state index in [2.05, 4.69) is 15.9 Å². The van der Waals surface area contributed by atoms with Crippen molar-refractivity contribution in [3.8, 4) is 17.2 Å². The number of fused-ring (bicyclic) bond motifs is 1. The van der Waals surface area contributed by atoms with Crippen LogP contribution in [0.15, 0.2) is 52.9 Å². The number of carbonyl (C=O) groups excluding carboxylic acids is 1. The third kappa shape index (κ3) is 3.76. The fourth-order valence-corrected chi connectivity index (χ4v) is 4.18. The predicted molar refractivity (Wildman–Crippen MR) is 109 cm³/mol. The van der Waals surface area contributed by atoms with Crippen molar-refractivity contribution in [1.29, 1.82) is 0 Å². The second-order valence-electron chi connectivity index (χ2n) is 6.56. The maximum absolute atomic E-state index is 12.6. The molecule has 0 saturated carbocycles. The van der Waals surface area contributed by atoms with E-state index in [-0.39, 0.29) is 5.91 Å². The Morgan fingerprint density at radius 3 is 3.00 bits per heavy atom. The Hall–Kier alpha value is -2.77. The summed E-state index contributed by atoms with van der Waals surface area (Å²) in [6, 6.07) is 14.9. The van der Waals surface area contributed by atoms with Crippen molar-refractivity contribution < 1.29 is 19.4 Å². The number of amides is 1. The Morgan fingerprint density at radius 1 is 1.29 bits per heavy atom. The van der Waals surface area contributed by atoms with Gasteiger partial charge in [-0.15, -0.1) is 11.8 Å². The van der Waals surface area contributed by atoms with E-state index in [1.165, 1.54) is 17.3 Å². The second-order valence-corrected chi connectivity index (χ2v) is 7.54. The van der Waals surface area contributed by atoms with Crippen molar-refractivity contribution in [1.82, 2.24) is 4.98 Å². The quantitative estimate of drug-likeness (QED) is 0.494. The molecule has 4 rings (SSSR count). The zero-order valence-corrected chi connectivity index (χ0v) is 16.2. The molecule has 0 saturated heterocycles. The monoisotopic (exact) mass is 396 g/mol. The highest BCUT2D eigenvalue weighted by atomic mass is 32.2. The maximum Gasteiger partial charge on any atom is 0.237 e. The molecule has 1 amide bonds. The molecule has 0 bridgehead atoms. The number of hydrogen-bond donors (Lipinski definition) is 1. The van der Waals surface area contributed by atoms with E-state index < -0.39 is 0 Å². The maximum atomic E-state index is 12.6. The summed E-state index contributed by atoms with van der Waals surface area (Å²) in [7, 11) is 0. The van der Waals surface area contributed by atoms with E-state index in [1.54, 1.807) is 18.2 Å². The number of thioether (sulfide) groups is 1. The second kappa shape index (κ2) is 8.08. The number of oxazole rings is 1. The van der Waals surface area contributed by atoms with Crippen LogP contribution in [0.4, 0.5) is 5.69 Å². The molecule has 2 heterocycles. The number of benzene rings is 2. The van der Waals surface area contributed by atoms with Crippen LogP contribution in [0.2, 0.25) is 0 Å². The van der Waals surface area contributed by atoms with Gasteiger partial charge in [-0.2, -0.15) is 0 Å². The molecule has 7 heteroatoms. The van der Waals surface area contributed by atoms with Crippen molar-refractivity contribution in [2.75, 3.05) is 17.2 Å². The summed E-state index contributed by atoms with van der Waals surface area (Å²) in [4.78, 5) is 23.3. The average molecular weight is 396 g/mol. The lowest BCUT2D eigenvalue weighted by atomic mass is 10.2. The molecule has 0 fully saturated rings. The zero-order chi connectivity index (χ0) is 19.5. The van der Waals surface area contributed by atoms with Crippen molar-refractivity contribution in [2.24, 2.45) is 0 Å². The number of nitrogens with zero attached hydrogens (tertiary/aromatic N) is 2. The fraction of sp³-hybridized carbons (Fsp3) is 0.238. The SMILES string of the molecule is Cc1oc(-c2cccc(OO)c2)nc1CSCC(=O)N1CCc2ccccc21. The van der Waals surface area contributed by atoms with E-state index in [0.717, 1.165) is 35.7 Å². The molecule has 1 aliphatic rings. The topological polar surface area (TPSA) is 75.8 Å². The minimum Gasteiger partial charge on any atom is -0.441 e. The Bertz CT molecular complexity index is 1000. The minimum absolute atomic E-state index is 0.115. The summed E-state index contributed by atoms with van der Waals surface area (Å²) in [5, 5.41) is 8.80. The fourth-order valence-electron chi connectivity index (χ4n) is 3.28. The lowest BCUT2D eigenvalue weighted by molar-refractivity contribution is -0.137. The van der Waals surface area contributed by atoms with E-state index in [0.29, 0.717) is 23.1 Å². The van der Waals surface area contributed by atoms with E-state index in [4.69, 9.17) is 9.67 Å². The van der Waals surface area contributed by atoms with Gasteiger partial charge in [0.25, 0.3) is 0 Å². The Morgan fingerprint density at radius 2 is 2.14 bits per heavy atom. The van der Waals surface area contributed by atoms with Gasteiger partial charge < -0.3 is 14.2 Å². The molecule has 0 unspecified atom stereocenters. The Kier molecular flexibility index (Phi) is 5.36. The number of aromatic nitrogens is 1. The third-order valence-electron chi connectivity index (χ3n) is 4.73. The van der Waals surface area contributed by atoms with Gasteiger partial charge in [0.2, 0.25) is 11.8 Å². The van der Waals surface area contributed by atoms with Gasteiger partial charge in [-0.25, -0.2) is 10.2 Å². The summed E-state index contributed by atoms with van der Waals surface area (Å²) < 4.78 is 5.75. The van der Waals surface area contributed by atoms with Gasteiger partial charge in [0, 0.05) is 23.5 Å². The summed E-state index contributed by atoms with van der Waals surface area (Å²) in [6.45, 7) is 2.60. The number of anilines is 1. The van der Waals surface area contributed by atoms with Crippen LogP contribution in [-0.4, -0.2) is 28.4 Å². The smallest absolute Gasteiger partial charge is 0.237 e. The molecular formula is C21H20N2O4S. The molecule has 0 aliphatic carbocycles. The Labute approximate surface area is 167 Å². The Balaban J connectivity index is 1.38. The molecule has 0 radical (unpaired) electrons. The molecule has 0 spiro atoms. The van der Waals surface area contributed by atoms with Crippen molar-refractivity contribution in [2.45, 2.75) is 19.1 Å². The van der Waals surface area contributed by atoms with Crippen molar-refractivity contribution in [3.63, 3.8) is 0 Å². The minimum atomic E-state index is 0.115. The third-order valence-corrected chi connectivity index (χ3v) is 5.66. The van der Waals surface area contributed by atoms with Crippen molar-refractivity contribution in [3.05, 3.63) is 65.5 Å². The summed E-state index contributed by atoms with van der Waals surface area (Å²) in [5.41, 5.74) is 3.78. The zero-order valence-electron chi connectivity index (χ0n) is 15.4. The molecule has 144 valence electrons. The first kappa shape index (κ1) is 18.6. The van der Waals surface area contributed by atoms with Crippen LogP contribution < -0.4 is 9.79 Å². The van der Waals surface area contributed by atoms with Crippen LogP contribution in [0.25, 0.3) is 11.5 Å². The van der Waals surface area contributed by atoms with Crippen LogP contribution in [0.1, 0.15) is 17.0 Å². The predicted octanol–water partition coefficient (Wildman–Crippen LogP) is 4.32. The molecule has 28 heavy (non-hydrogen) atoms. The molecule has 6 nitrogen and oxygen atoms in total. The van der Waals surface area contributed by atoms with Gasteiger partial charge in [0.05, 0.1) is 11.4 Å². The summed E-state index contributed by atoms with van der Waals surface area (Å²) in [6.07, 6.45) is 0.912. The van der Waals surface area contributed by atoms with E-state index >= 15 is 0 Å². The standard InChI is InChI=1S/C21H20N2O4S/c1-14-18(22-21(26-14)16-6-4-7-17(11-16)27-25)12-28-13-20(24)23-10-9-15-5-2-3-8-19(15)23/h2-8,11,25H,9-10,12-13H2,1H3. The lowest BCUT2D eigenvalue weighted by Gasteiger charge is -2.16. The lowest BCUT2D eigenvalue weighted by Crippen LogP contribution is -2.30. The first-order valence-electron chi connectivity index (χ1n) is 9.00. The number of hydrogen-bond acceptors (Lipinski definition) is 6. The molecule has 1 N–H and O–H groups in total. The van der Waals surface area contributed by atoms with Gasteiger partial charge in [-0.3, -0.25) is 4.79 Å². The van der Waals surface area contributed by atoms with E-state index in [9.17, 15) is 4.79 Å². The van der Waals surface area contributed by atoms with Crippen molar-refractivity contribution >= 4 is 23.4 Å².